The fourth-order valence-electron chi connectivity index (χ4n) is 2.21. The van der Waals surface area contributed by atoms with E-state index in [0.29, 0.717) is 24.2 Å². The monoisotopic (exact) mass is 328 g/mol. The lowest BCUT2D eigenvalue weighted by Gasteiger charge is -2.11. The molecule has 3 rings (SSSR count). The third-order valence-corrected chi connectivity index (χ3v) is 3.79. The number of carbonyl (C=O) groups excluding carboxylic acids is 1. The Labute approximate surface area is 140 Å². The summed E-state index contributed by atoms with van der Waals surface area (Å²) >= 11 is 0. The molecular weight excluding hydrogens is 308 g/mol. The molecule has 0 fully saturated rings. The number of fused-ring (bicyclic) bond motifs is 1. The molecule has 0 spiro atoms. The molecule has 1 aromatic heterocycles. The summed E-state index contributed by atoms with van der Waals surface area (Å²) in [6, 6.07) is 9.30. The number of ether oxygens (including phenoxy) is 2. The first kappa shape index (κ1) is 16.0. The zero-order valence-electron chi connectivity index (χ0n) is 13.7. The summed E-state index contributed by atoms with van der Waals surface area (Å²) in [6.45, 7) is 4.76. The maximum Gasteiger partial charge on any atom is 0.272 e. The first-order valence-corrected chi connectivity index (χ1v) is 7.92. The second-order valence-electron chi connectivity index (χ2n) is 5.63. The summed E-state index contributed by atoms with van der Waals surface area (Å²) in [5.74, 6) is 1.81. The van der Waals surface area contributed by atoms with Crippen LogP contribution in [0.2, 0.25) is 0 Å². The molecular formula is C17H20N4O3. The maximum absolute atomic E-state index is 12.2. The lowest BCUT2D eigenvalue weighted by Crippen LogP contribution is -2.24. The topological polar surface area (TPSA) is 85.4 Å². The van der Waals surface area contributed by atoms with Gasteiger partial charge in [0.15, 0.2) is 17.2 Å². The van der Waals surface area contributed by atoms with E-state index in [0.717, 1.165) is 17.7 Å². The van der Waals surface area contributed by atoms with E-state index in [-0.39, 0.29) is 18.4 Å². The standard InChI is InChI=1S/C17H20N4O3/c1-3-11(2)19-16-7-5-13(20-21-16)17(22)18-9-12-4-6-14-15(8-12)24-10-23-14/h4-8,11H,3,9-10H2,1-2H3,(H,18,22)(H,19,21). The average Bonchev–Trinajstić information content (AvgIpc) is 3.08. The molecule has 0 bridgehead atoms. The molecule has 1 aliphatic heterocycles. The molecule has 7 nitrogen and oxygen atoms in total. The van der Waals surface area contributed by atoms with Gasteiger partial charge in [-0.25, -0.2) is 0 Å². The number of anilines is 1. The van der Waals surface area contributed by atoms with Crippen LogP contribution in [0.3, 0.4) is 0 Å². The van der Waals surface area contributed by atoms with Crippen molar-refractivity contribution >= 4 is 11.7 Å². The van der Waals surface area contributed by atoms with E-state index in [1.165, 1.54) is 0 Å². The molecule has 0 radical (unpaired) electrons. The fourth-order valence-corrected chi connectivity index (χ4v) is 2.21. The van der Waals surface area contributed by atoms with Gasteiger partial charge in [-0.2, -0.15) is 0 Å². The molecule has 0 aliphatic carbocycles. The van der Waals surface area contributed by atoms with E-state index in [1.54, 1.807) is 12.1 Å². The van der Waals surface area contributed by atoms with Gasteiger partial charge in [0.05, 0.1) is 0 Å². The maximum atomic E-state index is 12.2. The Kier molecular flexibility index (Phi) is 4.79. The van der Waals surface area contributed by atoms with E-state index >= 15 is 0 Å². The van der Waals surface area contributed by atoms with Gasteiger partial charge in [-0.05, 0) is 43.2 Å². The lowest BCUT2D eigenvalue weighted by molar-refractivity contribution is 0.0945. The fraction of sp³-hybridized carbons (Fsp3) is 0.353. The van der Waals surface area contributed by atoms with Gasteiger partial charge in [-0.15, -0.1) is 10.2 Å². The number of carbonyl (C=O) groups is 1. The summed E-state index contributed by atoms with van der Waals surface area (Å²) in [5, 5.41) is 14.0. The number of hydrogen-bond donors (Lipinski definition) is 2. The van der Waals surface area contributed by atoms with Gasteiger partial charge in [-0.1, -0.05) is 13.0 Å². The van der Waals surface area contributed by atoms with Crippen LogP contribution in [0, 0.1) is 0 Å². The van der Waals surface area contributed by atoms with Crippen molar-refractivity contribution in [2.75, 3.05) is 12.1 Å². The number of nitrogens with zero attached hydrogens (tertiary/aromatic N) is 2. The minimum absolute atomic E-state index is 0.234. The Hall–Kier alpha value is -2.83. The van der Waals surface area contributed by atoms with E-state index in [4.69, 9.17) is 9.47 Å². The number of aromatic nitrogens is 2. The normalized spacial score (nSPS) is 13.4. The predicted octanol–water partition coefficient (Wildman–Crippen LogP) is 2.35. The lowest BCUT2D eigenvalue weighted by atomic mass is 10.2. The Morgan fingerprint density at radius 1 is 1.21 bits per heavy atom. The Bertz CT molecular complexity index is 718. The van der Waals surface area contributed by atoms with Gasteiger partial charge in [0, 0.05) is 12.6 Å². The highest BCUT2D eigenvalue weighted by Gasteiger charge is 2.14. The predicted molar refractivity (Wildman–Crippen MR) is 89.1 cm³/mol. The SMILES string of the molecule is CCC(C)Nc1ccc(C(=O)NCc2ccc3c(c2)OCO3)nn1. The smallest absolute Gasteiger partial charge is 0.272 e. The number of benzene rings is 1. The zero-order chi connectivity index (χ0) is 16.9. The molecule has 1 unspecified atom stereocenters. The molecule has 2 N–H and O–H groups in total. The largest absolute Gasteiger partial charge is 0.454 e. The van der Waals surface area contributed by atoms with Crippen molar-refractivity contribution in [3.63, 3.8) is 0 Å². The number of nitrogens with one attached hydrogen (secondary N) is 2. The van der Waals surface area contributed by atoms with Crippen LogP contribution >= 0.6 is 0 Å². The van der Waals surface area contributed by atoms with Crippen LogP contribution in [0.1, 0.15) is 36.3 Å². The molecule has 0 saturated heterocycles. The van der Waals surface area contributed by atoms with Crippen LogP contribution in [0.15, 0.2) is 30.3 Å². The van der Waals surface area contributed by atoms with Crippen molar-refractivity contribution in [1.82, 2.24) is 15.5 Å². The van der Waals surface area contributed by atoms with Crippen molar-refractivity contribution in [3.8, 4) is 11.5 Å². The summed E-state index contributed by atoms with van der Waals surface area (Å²) in [6.07, 6.45) is 0.986. The van der Waals surface area contributed by atoms with Gasteiger partial charge in [-0.3, -0.25) is 4.79 Å². The summed E-state index contributed by atoms with van der Waals surface area (Å²) < 4.78 is 10.6. The molecule has 1 atom stereocenters. The summed E-state index contributed by atoms with van der Waals surface area (Å²) in [7, 11) is 0. The molecule has 126 valence electrons. The van der Waals surface area contributed by atoms with Crippen LogP contribution in [-0.2, 0) is 6.54 Å². The third-order valence-electron chi connectivity index (χ3n) is 3.79. The second kappa shape index (κ2) is 7.16. The van der Waals surface area contributed by atoms with Crippen molar-refractivity contribution in [1.29, 1.82) is 0 Å². The van der Waals surface area contributed by atoms with E-state index in [9.17, 15) is 4.79 Å². The van der Waals surface area contributed by atoms with Crippen LogP contribution in [0.5, 0.6) is 11.5 Å². The van der Waals surface area contributed by atoms with Crippen LogP contribution < -0.4 is 20.1 Å². The van der Waals surface area contributed by atoms with Gasteiger partial charge < -0.3 is 20.1 Å². The minimum atomic E-state index is -0.268. The van der Waals surface area contributed by atoms with Crippen molar-refractivity contribution in [2.45, 2.75) is 32.9 Å². The Balaban J connectivity index is 1.57. The first-order chi connectivity index (χ1) is 11.7. The minimum Gasteiger partial charge on any atom is -0.454 e. The first-order valence-electron chi connectivity index (χ1n) is 7.92. The van der Waals surface area contributed by atoms with Crippen molar-refractivity contribution in [2.24, 2.45) is 0 Å². The molecule has 1 amide bonds. The van der Waals surface area contributed by atoms with Gasteiger partial charge in [0.2, 0.25) is 6.79 Å². The highest BCUT2D eigenvalue weighted by atomic mass is 16.7. The Morgan fingerprint density at radius 3 is 2.79 bits per heavy atom. The van der Waals surface area contributed by atoms with Gasteiger partial charge in [0.1, 0.15) is 5.82 Å². The van der Waals surface area contributed by atoms with E-state index < -0.39 is 0 Å². The van der Waals surface area contributed by atoms with Crippen LogP contribution in [0.4, 0.5) is 5.82 Å². The van der Waals surface area contributed by atoms with E-state index in [2.05, 4.69) is 34.7 Å². The third kappa shape index (κ3) is 3.73. The molecule has 7 heteroatoms. The number of amides is 1. The van der Waals surface area contributed by atoms with Crippen molar-refractivity contribution < 1.29 is 14.3 Å². The molecule has 24 heavy (non-hydrogen) atoms. The average molecular weight is 328 g/mol. The van der Waals surface area contributed by atoms with Crippen LogP contribution in [-0.4, -0.2) is 28.9 Å². The van der Waals surface area contributed by atoms with Crippen LogP contribution in [0.25, 0.3) is 0 Å². The number of hydrogen-bond acceptors (Lipinski definition) is 6. The zero-order valence-corrected chi connectivity index (χ0v) is 13.7. The highest BCUT2D eigenvalue weighted by Crippen LogP contribution is 2.32. The molecule has 0 saturated carbocycles. The second-order valence-corrected chi connectivity index (χ2v) is 5.63. The molecule has 2 aromatic rings. The summed E-state index contributed by atoms with van der Waals surface area (Å²) in [4.78, 5) is 12.2. The Morgan fingerprint density at radius 2 is 2.04 bits per heavy atom. The molecule has 1 aromatic carbocycles. The molecule has 2 heterocycles. The van der Waals surface area contributed by atoms with Crippen molar-refractivity contribution in [3.05, 3.63) is 41.6 Å². The number of rotatable bonds is 6. The molecule has 1 aliphatic rings. The highest BCUT2D eigenvalue weighted by molar-refractivity contribution is 5.92. The summed E-state index contributed by atoms with van der Waals surface area (Å²) in [5.41, 5.74) is 1.21. The van der Waals surface area contributed by atoms with E-state index in [1.807, 2.05) is 18.2 Å². The van der Waals surface area contributed by atoms with Gasteiger partial charge in [0.25, 0.3) is 5.91 Å². The van der Waals surface area contributed by atoms with Gasteiger partial charge >= 0.3 is 0 Å². The quantitative estimate of drug-likeness (QED) is 0.846.